The first kappa shape index (κ1) is 9.75. The van der Waals surface area contributed by atoms with Crippen molar-refractivity contribution >= 4 is 0 Å². The standard InChI is InChI=1S/C10H18O2/c1-4-10(3)6-5-9(12-10)8(2)7-11/h4,8-9,11H,1,5-7H2,2-3H3. The fourth-order valence-electron chi connectivity index (χ4n) is 1.56. The van der Waals surface area contributed by atoms with Gasteiger partial charge in [-0.1, -0.05) is 13.0 Å². The molecule has 0 aromatic carbocycles. The molecular weight excluding hydrogens is 152 g/mol. The molecule has 2 nitrogen and oxygen atoms in total. The zero-order chi connectivity index (χ0) is 9.19. The van der Waals surface area contributed by atoms with E-state index in [0.29, 0.717) is 0 Å². The van der Waals surface area contributed by atoms with Gasteiger partial charge in [-0.25, -0.2) is 0 Å². The van der Waals surface area contributed by atoms with E-state index in [-0.39, 0.29) is 24.2 Å². The molecule has 0 saturated carbocycles. The lowest BCUT2D eigenvalue weighted by molar-refractivity contribution is -0.0305. The maximum absolute atomic E-state index is 8.93. The molecule has 1 rings (SSSR count). The molecule has 2 heteroatoms. The highest BCUT2D eigenvalue weighted by molar-refractivity contribution is 4.99. The summed E-state index contributed by atoms with van der Waals surface area (Å²) in [4.78, 5) is 0. The number of hydrogen-bond acceptors (Lipinski definition) is 2. The first-order valence-corrected chi connectivity index (χ1v) is 4.53. The zero-order valence-electron chi connectivity index (χ0n) is 7.92. The molecule has 1 heterocycles. The number of aliphatic hydroxyl groups is 1. The smallest absolute Gasteiger partial charge is 0.0836 e. The summed E-state index contributed by atoms with van der Waals surface area (Å²) >= 11 is 0. The van der Waals surface area contributed by atoms with Gasteiger partial charge in [0.15, 0.2) is 0 Å². The number of hydrogen-bond donors (Lipinski definition) is 1. The van der Waals surface area contributed by atoms with Crippen LogP contribution in [0.2, 0.25) is 0 Å². The summed E-state index contributed by atoms with van der Waals surface area (Å²) in [7, 11) is 0. The molecular formula is C10H18O2. The van der Waals surface area contributed by atoms with Crippen LogP contribution in [0.3, 0.4) is 0 Å². The molecule has 3 unspecified atom stereocenters. The molecule has 12 heavy (non-hydrogen) atoms. The van der Waals surface area contributed by atoms with Gasteiger partial charge in [-0.05, 0) is 19.8 Å². The third-order valence-corrected chi connectivity index (χ3v) is 2.70. The van der Waals surface area contributed by atoms with Gasteiger partial charge in [-0.15, -0.1) is 6.58 Å². The molecule has 0 amide bonds. The van der Waals surface area contributed by atoms with Gasteiger partial charge in [-0.3, -0.25) is 0 Å². The summed E-state index contributed by atoms with van der Waals surface area (Å²) in [6.45, 7) is 8.01. The van der Waals surface area contributed by atoms with Crippen molar-refractivity contribution in [2.45, 2.75) is 38.4 Å². The summed E-state index contributed by atoms with van der Waals surface area (Å²) in [6, 6.07) is 0. The van der Waals surface area contributed by atoms with Gasteiger partial charge in [0.1, 0.15) is 0 Å². The van der Waals surface area contributed by atoms with Crippen molar-refractivity contribution < 1.29 is 9.84 Å². The quantitative estimate of drug-likeness (QED) is 0.654. The Kier molecular flexibility index (Phi) is 2.91. The van der Waals surface area contributed by atoms with Gasteiger partial charge in [-0.2, -0.15) is 0 Å². The molecule has 0 aromatic rings. The predicted octanol–water partition coefficient (Wildman–Crippen LogP) is 1.74. The first-order valence-electron chi connectivity index (χ1n) is 4.53. The third kappa shape index (κ3) is 1.87. The second-order valence-electron chi connectivity index (χ2n) is 3.87. The number of rotatable bonds is 3. The van der Waals surface area contributed by atoms with Crippen molar-refractivity contribution in [2.75, 3.05) is 6.61 Å². The minimum Gasteiger partial charge on any atom is -0.396 e. The Labute approximate surface area is 74.2 Å². The maximum Gasteiger partial charge on any atom is 0.0836 e. The highest BCUT2D eigenvalue weighted by atomic mass is 16.5. The second kappa shape index (κ2) is 3.58. The van der Waals surface area contributed by atoms with Crippen LogP contribution >= 0.6 is 0 Å². The maximum atomic E-state index is 8.93. The summed E-state index contributed by atoms with van der Waals surface area (Å²) in [5, 5.41) is 8.93. The lowest BCUT2D eigenvalue weighted by Gasteiger charge is -2.23. The van der Waals surface area contributed by atoms with Gasteiger partial charge < -0.3 is 9.84 Å². The van der Waals surface area contributed by atoms with Crippen molar-refractivity contribution in [3.05, 3.63) is 12.7 Å². The van der Waals surface area contributed by atoms with Crippen LogP contribution in [0.15, 0.2) is 12.7 Å². The molecule has 0 radical (unpaired) electrons. The van der Waals surface area contributed by atoms with Crippen molar-refractivity contribution in [3.8, 4) is 0 Å². The van der Waals surface area contributed by atoms with Gasteiger partial charge in [0, 0.05) is 12.5 Å². The van der Waals surface area contributed by atoms with Crippen LogP contribution in [-0.4, -0.2) is 23.4 Å². The first-order chi connectivity index (χ1) is 5.61. The van der Waals surface area contributed by atoms with E-state index in [4.69, 9.17) is 9.84 Å². The summed E-state index contributed by atoms with van der Waals surface area (Å²) < 4.78 is 5.77. The van der Waals surface area contributed by atoms with Gasteiger partial charge in [0.25, 0.3) is 0 Å². The molecule has 1 aliphatic rings. The minimum atomic E-state index is -0.159. The van der Waals surface area contributed by atoms with Crippen LogP contribution < -0.4 is 0 Å². The van der Waals surface area contributed by atoms with E-state index in [2.05, 4.69) is 6.58 Å². The van der Waals surface area contributed by atoms with Crippen molar-refractivity contribution in [2.24, 2.45) is 5.92 Å². The third-order valence-electron chi connectivity index (χ3n) is 2.70. The monoisotopic (exact) mass is 170 g/mol. The fourth-order valence-corrected chi connectivity index (χ4v) is 1.56. The van der Waals surface area contributed by atoms with E-state index >= 15 is 0 Å². The number of ether oxygens (including phenoxy) is 1. The minimum absolute atomic E-state index is 0.159. The Balaban J connectivity index is 2.50. The van der Waals surface area contributed by atoms with E-state index in [1.165, 1.54) is 0 Å². The molecule has 0 aromatic heterocycles. The highest BCUT2D eigenvalue weighted by Gasteiger charge is 2.35. The largest absolute Gasteiger partial charge is 0.396 e. The second-order valence-corrected chi connectivity index (χ2v) is 3.87. The van der Waals surface area contributed by atoms with Crippen LogP contribution in [0.1, 0.15) is 26.7 Å². The molecule has 1 fully saturated rings. The number of aliphatic hydroxyl groups excluding tert-OH is 1. The SMILES string of the molecule is C=CC1(C)CCC(C(C)CO)O1. The molecule has 1 N–H and O–H groups in total. The van der Waals surface area contributed by atoms with Crippen molar-refractivity contribution in [1.29, 1.82) is 0 Å². The summed E-state index contributed by atoms with van der Waals surface area (Å²) in [6.07, 6.45) is 4.12. The Hall–Kier alpha value is -0.340. The van der Waals surface area contributed by atoms with E-state index in [9.17, 15) is 0 Å². The molecule has 70 valence electrons. The van der Waals surface area contributed by atoms with Gasteiger partial charge in [0.2, 0.25) is 0 Å². The lowest BCUT2D eigenvalue weighted by Crippen LogP contribution is -2.26. The normalized spacial score (nSPS) is 38.1. The van der Waals surface area contributed by atoms with Crippen molar-refractivity contribution in [1.82, 2.24) is 0 Å². The molecule has 1 aliphatic heterocycles. The predicted molar refractivity (Wildman–Crippen MR) is 49.0 cm³/mol. The highest BCUT2D eigenvalue weighted by Crippen LogP contribution is 2.33. The van der Waals surface area contributed by atoms with E-state index in [0.717, 1.165) is 12.8 Å². The summed E-state index contributed by atoms with van der Waals surface area (Å²) in [5.41, 5.74) is -0.159. The molecule has 0 spiro atoms. The molecule has 0 aliphatic carbocycles. The van der Waals surface area contributed by atoms with Crippen LogP contribution in [0, 0.1) is 5.92 Å². The lowest BCUT2D eigenvalue weighted by atomic mass is 9.99. The molecule has 1 saturated heterocycles. The average Bonchev–Trinajstić information content (AvgIpc) is 2.48. The molecule has 0 bridgehead atoms. The van der Waals surface area contributed by atoms with Crippen LogP contribution in [-0.2, 0) is 4.74 Å². The Morgan fingerprint density at radius 1 is 1.83 bits per heavy atom. The van der Waals surface area contributed by atoms with Crippen LogP contribution in [0.5, 0.6) is 0 Å². The fraction of sp³-hybridized carbons (Fsp3) is 0.800. The van der Waals surface area contributed by atoms with Crippen LogP contribution in [0.25, 0.3) is 0 Å². The Bertz CT molecular complexity index is 167. The van der Waals surface area contributed by atoms with E-state index in [1.54, 1.807) is 0 Å². The topological polar surface area (TPSA) is 29.5 Å². The van der Waals surface area contributed by atoms with Crippen LogP contribution in [0.4, 0.5) is 0 Å². The Morgan fingerprint density at radius 3 is 2.92 bits per heavy atom. The van der Waals surface area contributed by atoms with Crippen molar-refractivity contribution in [3.63, 3.8) is 0 Å². The molecule has 3 atom stereocenters. The van der Waals surface area contributed by atoms with E-state index in [1.807, 2.05) is 19.9 Å². The van der Waals surface area contributed by atoms with E-state index < -0.39 is 0 Å². The van der Waals surface area contributed by atoms with Gasteiger partial charge >= 0.3 is 0 Å². The Morgan fingerprint density at radius 2 is 2.50 bits per heavy atom. The van der Waals surface area contributed by atoms with Gasteiger partial charge in [0.05, 0.1) is 11.7 Å². The zero-order valence-corrected chi connectivity index (χ0v) is 7.92. The average molecular weight is 170 g/mol. The summed E-state index contributed by atoms with van der Waals surface area (Å²) in [5.74, 6) is 0.242.